The quantitative estimate of drug-likeness (QED) is 0.240. The van der Waals surface area contributed by atoms with Crippen molar-refractivity contribution < 1.29 is 61.2 Å². The Morgan fingerprint density at radius 1 is 0.529 bits per heavy atom. The SMILES string of the molecule is CC(=O)CC(=O)[N-]C(C)CO.CC(=O)CC(=O)[N-]C(C)CO.CC(=O)CC(=O)[N-]C(C)CO.[Fe+3]. The first-order valence-corrected chi connectivity index (χ1v) is 10.2. The van der Waals surface area contributed by atoms with E-state index < -0.39 is 35.8 Å². The summed E-state index contributed by atoms with van der Waals surface area (Å²) in [5.41, 5.74) is 0. The molecule has 0 fully saturated rings. The number of rotatable bonds is 12. The minimum Gasteiger partial charge on any atom is -0.649 e. The van der Waals surface area contributed by atoms with Crippen LogP contribution >= 0.6 is 0 Å². The van der Waals surface area contributed by atoms with Gasteiger partial charge in [-0.1, -0.05) is 38.9 Å². The van der Waals surface area contributed by atoms with Gasteiger partial charge >= 0.3 is 17.1 Å². The van der Waals surface area contributed by atoms with Crippen molar-refractivity contribution in [2.75, 3.05) is 19.8 Å². The van der Waals surface area contributed by atoms with Gasteiger partial charge in [0, 0.05) is 39.1 Å². The molecule has 0 bridgehead atoms. The third kappa shape index (κ3) is 32.0. The number of ketones is 3. The monoisotopic (exact) mass is 530 g/mol. The van der Waals surface area contributed by atoms with Gasteiger partial charge in [0.2, 0.25) is 0 Å². The van der Waals surface area contributed by atoms with Crippen LogP contribution in [0.3, 0.4) is 0 Å². The molecule has 3 N–H and O–H groups in total. The Morgan fingerprint density at radius 2 is 0.706 bits per heavy atom. The van der Waals surface area contributed by atoms with E-state index in [2.05, 4.69) is 16.0 Å². The molecule has 1 radical (unpaired) electrons. The molecule has 0 rings (SSSR count). The summed E-state index contributed by atoms with van der Waals surface area (Å²) in [5.74, 6) is -1.99. The molecular weight excluding hydrogens is 494 g/mol. The smallest absolute Gasteiger partial charge is 0.649 e. The predicted octanol–water partition coefficient (Wildman–Crippen LogP) is 0.737. The fourth-order valence-corrected chi connectivity index (χ4v) is 1.64. The molecule has 0 aromatic heterocycles. The summed E-state index contributed by atoms with van der Waals surface area (Å²) in [5, 5.41) is 36.0. The normalized spacial score (nSPS) is 11.9. The number of aliphatic hydroxyl groups excluding tert-OH is 3. The summed E-state index contributed by atoms with van der Waals surface area (Å²) in [7, 11) is 0. The number of carbonyl (C=O) groups excluding carboxylic acids is 6. The van der Waals surface area contributed by atoms with Crippen molar-refractivity contribution >= 4 is 35.1 Å². The number of Topliss-reactive ketones (excluding diaryl/α,β-unsaturated/α-hetero) is 3. The molecule has 13 heteroatoms. The van der Waals surface area contributed by atoms with Gasteiger partial charge < -0.3 is 45.7 Å². The third-order valence-corrected chi connectivity index (χ3v) is 3.09. The van der Waals surface area contributed by atoms with Crippen molar-refractivity contribution in [3.05, 3.63) is 16.0 Å². The first kappa shape index (κ1) is 39.1. The molecule has 0 aromatic rings. The first-order valence-electron chi connectivity index (χ1n) is 10.2. The van der Waals surface area contributed by atoms with Crippen molar-refractivity contribution in [3.8, 4) is 0 Å². The van der Waals surface area contributed by atoms with Crippen LogP contribution in [-0.4, -0.2) is 88.3 Å². The summed E-state index contributed by atoms with van der Waals surface area (Å²) < 4.78 is 0. The predicted molar refractivity (Wildman–Crippen MR) is 121 cm³/mol. The van der Waals surface area contributed by atoms with Gasteiger partial charge in [-0.3, -0.25) is 14.4 Å². The number of hydrogen-bond acceptors (Lipinski definition) is 9. The Balaban J connectivity index is -0.000000196. The van der Waals surface area contributed by atoms with E-state index in [0.29, 0.717) is 0 Å². The molecule has 0 heterocycles. The van der Waals surface area contributed by atoms with Crippen molar-refractivity contribution in [2.45, 2.75) is 78.9 Å². The van der Waals surface area contributed by atoms with Crippen LogP contribution in [0, 0.1) is 0 Å². The van der Waals surface area contributed by atoms with Crippen molar-refractivity contribution in [3.63, 3.8) is 0 Å². The van der Waals surface area contributed by atoms with Crippen LogP contribution in [0.25, 0.3) is 16.0 Å². The fourth-order valence-electron chi connectivity index (χ4n) is 1.64. The molecule has 0 aliphatic rings. The van der Waals surface area contributed by atoms with Crippen molar-refractivity contribution in [1.29, 1.82) is 0 Å². The first-order chi connectivity index (χ1) is 15.2. The Labute approximate surface area is 211 Å². The van der Waals surface area contributed by atoms with Gasteiger partial charge in [0.05, 0.1) is 17.7 Å². The minimum absolute atomic E-state index is 0. The van der Waals surface area contributed by atoms with Crippen LogP contribution < -0.4 is 0 Å². The van der Waals surface area contributed by atoms with Crippen LogP contribution in [0.4, 0.5) is 0 Å². The van der Waals surface area contributed by atoms with Crippen LogP contribution in [0.2, 0.25) is 0 Å². The zero-order valence-corrected chi connectivity index (χ0v) is 21.6. The van der Waals surface area contributed by atoms with Gasteiger partial charge in [0.15, 0.2) is 0 Å². The molecule has 0 saturated heterocycles. The standard InChI is InChI=1S/3C7H13NO3.Fe/c3*1-5(4-9)8-7(11)3-6(2)10;/h3*5,9H,3-4H2,1-2H3,(H,8,11);/q;;;+3/p-3. The molecule has 0 saturated carbocycles. The van der Waals surface area contributed by atoms with E-state index >= 15 is 0 Å². The van der Waals surface area contributed by atoms with Crippen LogP contribution in [-0.2, 0) is 45.8 Å². The fraction of sp³-hybridized carbons (Fsp3) is 0.714. The molecule has 0 aliphatic heterocycles. The number of aliphatic hydroxyl groups is 3. The summed E-state index contributed by atoms with van der Waals surface area (Å²) in [4.78, 5) is 63.3. The molecular formula is C21H36FeN3O9. The maximum absolute atomic E-state index is 10.7. The molecule has 0 spiro atoms. The maximum Gasteiger partial charge on any atom is 3.00 e. The second-order valence-electron chi connectivity index (χ2n) is 7.30. The number of hydrogen-bond donors (Lipinski definition) is 3. The second kappa shape index (κ2) is 24.0. The van der Waals surface area contributed by atoms with E-state index in [1.54, 1.807) is 20.8 Å². The summed E-state index contributed by atoms with van der Waals surface area (Å²) >= 11 is 0. The average molecular weight is 530 g/mol. The topological polar surface area (TPSA) is 205 Å². The van der Waals surface area contributed by atoms with E-state index in [1.807, 2.05) is 0 Å². The third-order valence-electron chi connectivity index (χ3n) is 3.09. The van der Waals surface area contributed by atoms with Gasteiger partial charge in [-0.05, 0) is 20.8 Å². The van der Waals surface area contributed by atoms with Crippen molar-refractivity contribution in [1.82, 2.24) is 0 Å². The zero-order chi connectivity index (χ0) is 26.6. The largest absolute Gasteiger partial charge is 3.00 e. The minimum atomic E-state index is -0.459. The van der Waals surface area contributed by atoms with Crippen LogP contribution in [0.15, 0.2) is 0 Å². The van der Waals surface area contributed by atoms with Gasteiger partial charge in [-0.2, -0.15) is 0 Å². The molecule has 12 nitrogen and oxygen atoms in total. The number of carbonyl (C=O) groups is 6. The molecule has 197 valence electrons. The van der Waals surface area contributed by atoms with Crippen LogP contribution in [0.1, 0.15) is 60.8 Å². The summed E-state index contributed by atoms with van der Waals surface area (Å²) in [6, 6.07) is -1.20. The molecule has 0 aliphatic carbocycles. The van der Waals surface area contributed by atoms with E-state index in [1.165, 1.54) is 20.8 Å². The van der Waals surface area contributed by atoms with E-state index in [9.17, 15) is 28.8 Å². The Morgan fingerprint density at radius 3 is 0.824 bits per heavy atom. The van der Waals surface area contributed by atoms with Crippen LogP contribution in [0.5, 0.6) is 0 Å². The molecule has 0 aromatic carbocycles. The summed E-state index contributed by atoms with van der Waals surface area (Å²) in [6.45, 7) is 8.33. The van der Waals surface area contributed by atoms with Gasteiger partial charge in [-0.15, -0.1) is 0 Å². The van der Waals surface area contributed by atoms with E-state index in [0.717, 1.165) is 0 Å². The van der Waals surface area contributed by atoms with Gasteiger partial charge in [0.1, 0.15) is 17.3 Å². The maximum atomic E-state index is 10.7. The number of amides is 3. The van der Waals surface area contributed by atoms with Crippen molar-refractivity contribution in [2.24, 2.45) is 0 Å². The molecule has 3 unspecified atom stereocenters. The van der Waals surface area contributed by atoms with Gasteiger partial charge in [-0.25, -0.2) is 0 Å². The Bertz CT molecular complexity index is 559. The van der Waals surface area contributed by atoms with E-state index in [-0.39, 0.29) is 73.5 Å². The second-order valence-corrected chi connectivity index (χ2v) is 7.30. The molecule has 34 heavy (non-hydrogen) atoms. The Kier molecular flexibility index (Phi) is 27.5. The molecule has 3 amide bonds. The molecule has 3 atom stereocenters. The summed E-state index contributed by atoms with van der Waals surface area (Å²) in [6.07, 6.45) is -0.487. The average Bonchev–Trinajstić information content (AvgIpc) is 2.66. The zero-order valence-electron chi connectivity index (χ0n) is 20.5. The number of nitrogens with zero attached hydrogens (tertiary/aromatic N) is 3. The Hall–Kier alpha value is -2.18. The van der Waals surface area contributed by atoms with Gasteiger partial charge in [0.25, 0.3) is 0 Å². The van der Waals surface area contributed by atoms with E-state index in [4.69, 9.17) is 15.3 Å².